The van der Waals surface area contributed by atoms with Crippen molar-refractivity contribution in [1.29, 1.82) is 0 Å². The molecule has 0 aliphatic carbocycles. The molecule has 0 unspecified atom stereocenters. The van der Waals surface area contributed by atoms with Gasteiger partial charge < -0.3 is 29.9 Å². The molecule has 108 valence electrons. The van der Waals surface area contributed by atoms with Crippen molar-refractivity contribution in [1.82, 2.24) is 0 Å². The Morgan fingerprint density at radius 2 is 1.70 bits per heavy atom. The maximum absolute atomic E-state index is 10.7. The fourth-order valence-corrected chi connectivity index (χ4v) is 1.42. The van der Waals surface area contributed by atoms with Gasteiger partial charge in [0.1, 0.15) is 0 Å². The van der Waals surface area contributed by atoms with Gasteiger partial charge in [-0.2, -0.15) is 0 Å². The number of aromatic hydroxyl groups is 2. The highest BCUT2D eigenvalue weighted by Gasteiger charge is 2.26. The molecule has 0 atom stereocenters. The van der Waals surface area contributed by atoms with Gasteiger partial charge in [0.25, 0.3) is 6.29 Å². The van der Waals surface area contributed by atoms with Crippen LogP contribution < -0.4 is 0 Å². The first kappa shape index (κ1) is 15.7. The topological polar surface area (TPSA) is 143 Å². The Bertz CT molecular complexity index is 559. The van der Waals surface area contributed by atoms with Gasteiger partial charge in [-0.15, -0.1) is 0 Å². The number of rotatable bonds is 4. The fraction of sp³-hybridized carbons (Fsp3) is 0.111. The Labute approximate surface area is 121 Å². The molecule has 4 N–H and O–H groups in total. The Kier molecular flexibility index (Phi) is 4.83. The van der Waals surface area contributed by atoms with Crippen molar-refractivity contribution in [3.63, 3.8) is 0 Å². The maximum Gasteiger partial charge on any atom is 0.353 e. The van der Waals surface area contributed by atoms with E-state index in [4.69, 9.17) is 10.2 Å². The minimum absolute atomic E-state index is 0.222. The zero-order valence-corrected chi connectivity index (χ0v) is 11.1. The van der Waals surface area contributed by atoms with Gasteiger partial charge in [-0.3, -0.25) is 10.1 Å². The minimum Gasteiger partial charge on any atom is -0.504 e. The summed E-state index contributed by atoms with van der Waals surface area (Å²) >= 11 is 8.50. The van der Waals surface area contributed by atoms with Crippen LogP contribution in [-0.4, -0.2) is 35.8 Å². The SMILES string of the molecule is O=[N+]([O-])c1cc(C(OC(O)=S)OC(O)=S)cc(O)c1O. The second-order valence-corrected chi connectivity index (χ2v) is 3.96. The summed E-state index contributed by atoms with van der Waals surface area (Å²) in [5, 5.41) is 45.1. The Hall–Kier alpha value is -2.40. The highest BCUT2D eigenvalue weighted by atomic mass is 32.1. The smallest absolute Gasteiger partial charge is 0.353 e. The lowest BCUT2D eigenvalue weighted by Crippen LogP contribution is -2.15. The summed E-state index contributed by atoms with van der Waals surface area (Å²) in [4.78, 5) is 9.73. The molecule has 20 heavy (non-hydrogen) atoms. The fourth-order valence-electron chi connectivity index (χ4n) is 1.24. The van der Waals surface area contributed by atoms with Gasteiger partial charge in [0.15, 0.2) is 5.75 Å². The molecule has 0 saturated heterocycles. The van der Waals surface area contributed by atoms with Crippen LogP contribution >= 0.6 is 24.4 Å². The summed E-state index contributed by atoms with van der Waals surface area (Å²) in [7, 11) is 0. The largest absolute Gasteiger partial charge is 0.504 e. The van der Waals surface area contributed by atoms with E-state index < -0.39 is 38.9 Å². The van der Waals surface area contributed by atoms with E-state index in [1.807, 2.05) is 0 Å². The van der Waals surface area contributed by atoms with Gasteiger partial charge in [-0.25, -0.2) is 0 Å². The lowest BCUT2D eigenvalue weighted by molar-refractivity contribution is -0.386. The number of thiocarbonyl (C=S) groups is 2. The molecule has 11 heteroatoms. The number of aliphatic hydroxyl groups is 2. The first-order valence-corrected chi connectivity index (χ1v) is 5.53. The Morgan fingerprint density at radius 1 is 1.20 bits per heavy atom. The van der Waals surface area contributed by atoms with E-state index in [2.05, 4.69) is 33.9 Å². The van der Waals surface area contributed by atoms with E-state index in [9.17, 15) is 20.3 Å². The van der Waals surface area contributed by atoms with Crippen LogP contribution in [0.25, 0.3) is 0 Å². The molecule has 1 aromatic carbocycles. The molecule has 0 spiro atoms. The van der Waals surface area contributed by atoms with Crippen LogP contribution in [0.1, 0.15) is 11.9 Å². The number of ether oxygens (including phenoxy) is 2. The summed E-state index contributed by atoms with van der Waals surface area (Å²) in [5.74, 6) is -1.80. The normalized spacial score (nSPS) is 10.1. The molecule has 0 aromatic heterocycles. The van der Waals surface area contributed by atoms with E-state index in [-0.39, 0.29) is 5.56 Å². The second-order valence-electron chi connectivity index (χ2n) is 3.26. The Morgan fingerprint density at radius 3 is 2.10 bits per heavy atom. The number of hydrogen-bond donors (Lipinski definition) is 4. The van der Waals surface area contributed by atoms with Gasteiger partial charge in [-0.1, -0.05) is 0 Å². The average Bonchev–Trinajstić information content (AvgIpc) is 2.29. The quantitative estimate of drug-likeness (QED) is 0.213. The van der Waals surface area contributed by atoms with Gasteiger partial charge in [0.2, 0.25) is 5.75 Å². The zero-order valence-electron chi connectivity index (χ0n) is 9.42. The summed E-state index contributed by atoms with van der Waals surface area (Å²) in [5.41, 5.74) is -1.07. The van der Waals surface area contributed by atoms with Crippen LogP contribution in [0.2, 0.25) is 0 Å². The van der Waals surface area contributed by atoms with Crippen LogP contribution in [-0.2, 0) is 9.47 Å². The molecule has 0 saturated carbocycles. The van der Waals surface area contributed by atoms with Gasteiger partial charge in [0, 0.05) is 36.1 Å². The number of benzene rings is 1. The van der Waals surface area contributed by atoms with Gasteiger partial charge in [-0.05, 0) is 6.07 Å². The Balaban J connectivity index is 3.29. The number of phenolic OH excluding ortho intramolecular Hbond substituents is 2. The summed E-state index contributed by atoms with van der Waals surface area (Å²) in [6, 6.07) is 1.64. The highest BCUT2D eigenvalue weighted by Crippen LogP contribution is 2.38. The van der Waals surface area contributed by atoms with Crippen molar-refractivity contribution in [2.75, 3.05) is 0 Å². The number of nitro benzene ring substituents is 1. The molecule has 1 rings (SSSR count). The van der Waals surface area contributed by atoms with E-state index in [0.717, 1.165) is 12.1 Å². The van der Waals surface area contributed by atoms with Crippen LogP contribution in [0.15, 0.2) is 12.1 Å². The van der Waals surface area contributed by atoms with Crippen LogP contribution in [0.4, 0.5) is 5.69 Å². The van der Waals surface area contributed by atoms with E-state index in [0.29, 0.717) is 0 Å². The van der Waals surface area contributed by atoms with Crippen molar-refractivity contribution in [3.8, 4) is 11.5 Å². The number of nitro groups is 1. The van der Waals surface area contributed by atoms with Crippen molar-refractivity contribution in [2.24, 2.45) is 0 Å². The number of phenols is 2. The molecule has 0 fully saturated rings. The minimum atomic E-state index is -1.64. The van der Waals surface area contributed by atoms with E-state index >= 15 is 0 Å². The third-order valence-electron chi connectivity index (χ3n) is 1.98. The average molecular weight is 321 g/mol. The highest BCUT2D eigenvalue weighted by molar-refractivity contribution is 7.79. The summed E-state index contributed by atoms with van der Waals surface area (Å²) in [6.07, 6.45) is -1.64. The molecule has 0 heterocycles. The maximum atomic E-state index is 10.7. The monoisotopic (exact) mass is 321 g/mol. The second kappa shape index (κ2) is 6.16. The molecule has 0 aliphatic rings. The molecular weight excluding hydrogens is 314 g/mol. The van der Waals surface area contributed by atoms with E-state index in [1.54, 1.807) is 0 Å². The number of aliphatic hydroxyl groups excluding tert-OH is 2. The molecule has 0 amide bonds. The first-order valence-electron chi connectivity index (χ1n) is 4.71. The lowest BCUT2D eigenvalue weighted by Gasteiger charge is -2.17. The third-order valence-corrected chi connectivity index (χ3v) is 2.17. The summed E-state index contributed by atoms with van der Waals surface area (Å²) < 4.78 is 9.16. The van der Waals surface area contributed by atoms with Crippen molar-refractivity contribution in [2.45, 2.75) is 6.29 Å². The molecule has 9 nitrogen and oxygen atoms in total. The van der Waals surface area contributed by atoms with Crippen LogP contribution in [0.3, 0.4) is 0 Å². The molecule has 0 radical (unpaired) electrons. The predicted molar refractivity (Wildman–Crippen MR) is 71.8 cm³/mol. The van der Waals surface area contributed by atoms with Gasteiger partial charge >= 0.3 is 16.2 Å². The molecule has 0 aliphatic heterocycles. The standard InChI is InChI=1S/C9H7NO8S2/c11-5-2-3(1-4(6(5)12)10(15)16)7(17-8(13)19)18-9(14)20/h1-2,7,11-12H,(H,13,19)(H,14,20). The summed E-state index contributed by atoms with van der Waals surface area (Å²) in [6.45, 7) is 0. The van der Waals surface area contributed by atoms with Crippen LogP contribution in [0, 0.1) is 10.1 Å². The van der Waals surface area contributed by atoms with Crippen molar-refractivity contribution < 1.29 is 34.8 Å². The molecule has 0 bridgehead atoms. The van der Waals surface area contributed by atoms with Crippen molar-refractivity contribution >= 4 is 40.6 Å². The number of hydrogen-bond acceptors (Lipinski definition) is 8. The third kappa shape index (κ3) is 3.80. The van der Waals surface area contributed by atoms with Crippen molar-refractivity contribution in [3.05, 3.63) is 27.8 Å². The predicted octanol–water partition coefficient (Wildman–Crippen LogP) is 1.72. The first-order chi connectivity index (χ1) is 9.22. The van der Waals surface area contributed by atoms with E-state index in [1.165, 1.54) is 0 Å². The number of nitrogens with zero attached hydrogens (tertiary/aromatic N) is 1. The molecule has 1 aromatic rings. The molecular formula is C9H7NO8S2. The lowest BCUT2D eigenvalue weighted by atomic mass is 10.1. The van der Waals surface area contributed by atoms with Crippen LogP contribution in [0.5, 0.6) is 11.5 Å². The zero-order chi connectivity index (χ0) is 15.4. The van der Waals surface area contributed by atoms with Gasteiger partial charge in [0.05, 0.1) is 4.92 Å².